The first-order valence-corrected chi connectivity index (χ1v) is 12.6. The minimum atomic E-state index is -0.371. The summed E-state index contributed by atoms with van der Waals surface area (Å²) < 4.78 is 25.1. The number of ether oxygens (including phenoxy) is 2. The molecule has 0 aliphatic carbocycles. The van der Waals surface area contributed by atoms with E-state index in [0.717, 1.165) is 54.1 Å². The van der Waals surface area contributed by atoms with E-state index in [4.69, 9.17) is 9.47 Å². The van der Waals surface area contributed by atoms with Gasteiger partial charge in [0.05, 0.1) is 19.3 Å². The van der Waals surface area contributed by atoms with Gasteiger partial charge in [0.25, 0.3) is 5.91 Å². The van der Waals surface area contributed by atoms with Crippen LogP contribution in [0.15, 0.2) is 84.6 Å². The zero-order valence-corrected chi connectivity index (χ0v) is 20.9. The number of unbranched alkanes of at least 4 members (excludes halogenated alkanes) is 2. The summed E-state index contributed by atoms with van der Waals surface area (Å²) in [7, 11) is 0. The Labute approximate surface area is 212 Å². The zero-order valence-electron chi connectivity index (χ0n) is 20.9. The molecule has 0 saturated heterocycles. The fourth-order valence-electron chi connectivity index (χ4n) is 4.00. The third kappa shape index (κ3) is 6.25. The van der Waals surface area contributed by atoms with Crippen LogP contribution in [0.2, 0.25) is 0 Å². The predicted molar refractivity (Wildman–Crippen MR) is 142 cm³/mol. The van der Waals surface area contributed by atoms with Crippen molar-refractivity contribution in [1.29, 1.82) is 0 Å². The van der Waals surface area contributed by atoms with Gasteiger partial charge in [0.1, 0.15) is 23.0 Å². The fraction of sp³-hybridized carbons (Fsp3) is 0.300. The zero-order chi connectivity index (χ0) is 25.3. The molecule has 3 aromatic rings. The number of hydrogen-bond acceptors (Lipinski definition) is 4. The van der Waals surface area contributed by atoms with Gasteiger partial charge < -0.3 is 14.8 Å². The van der Waals surface area contributed by atoms with Gasteiger partial charge in [-0.1, -0.05) is 38.8 Å². The quantitative estimate of drug-likeness (QED) is 0.273. The average Bonchev–Trinajstić information content (AvgIpc) is 3.22. The molecule has 4 rings (SSSR count). The van der Waals surface area contributed by atoms with Crippen molar-refractivity contribution >= 4 is 17.3 Å². The summed E-state index contributed by atoms with van der Waals surface area (Å²) in [5.41, 5.74) is 2.82. The Morgan fingerprint density at radius 2 is 1.36 bits per heavy atom. The molecule has 188 valence electrons. The van der Waals surface area contributed by atoms with E-state index in [1.807, 2.05) is 54.6 Å². The van der Waals surface area contributed by atoms with Gasteiger partial charge in [-0.2, -0.15) is 0 Å². The molecular weight excluding hydrogens is 455 g/mol. The van der Waals surface area contributed by atoms with Crippen LogP contribution in [0.25, 0.3) is 0 Å². The molecule has 0 saturated carbocycles. The van der Waals surface area contributed by atoms with Crippen molar-refractivity contribution in [2.24, 2.45) is 0 Å². The highest BCUT2D eigenvalue weighted by Gasteiger charge is 2.34. The molecule has 1 N–H and O–H groups in total. The standard InChI is InChI=1S/C30H33FN2O3/c1-3-5-19-35-26-15-11-24(12-16-26)32-28-21-29(22-7-9-23(31)10-8-22)33(30(28)34)25-13-17-27(18-14-25)36-20-6-4-2/h7-18,21,29,32H,3-6,19-20H2,1-2H3/t29-/m1/s1. The molecule has 0 radical (unpaired) electrons. The third-order valence-electron chi connectivity index (χ3n) is 6.04. The number of rotatable bonds is 12. The molecule has 6 heteroatoms. The van der Waals surface area contributed by atoms with Gasteiger partial charge in [-0.05, 0) is 85.1 Å². The van der Waals surface area contributed by atoms with Crippen LogP contribution in [0.1, 0.15) is 51.1 Å². The topological polar surface area (TPSA) is 50.8 Å². The van der Waals surface area contributed by atoms with Gasteiger partial charge >= 0.3 is 0 Å². The van der Waals surface area contributed by atoms with E-state index in [9.17, 15) is 9.18 Å². The molecule has 3 aromatic carbocycles. The largest absolute Gasteiger partial charge is 0.494 e. The minimum absolute atomic E-state index is 0.160. The van der Waals surface area contributed by atoms with Crippen molar-refractivity contribution in [3.63, 3.8) is 0 Å². The lowest BCUT2D eigenvalue weighted by Crippen LogP contribution is -2.30. The van der Waals surface area contributed by atoms with E-state index in [2.05, 4.69) is 19.2 Å². The van der Waals surface area contributed by atoms with Gasteiger partial charge in [0.2, 0.25) is 0 Å². The molecule has 1 heterocycles. The molecule has 1 aliphatic rings. The first-order chi connectivity index (χ1) is 17.6. The molecule has 1 atom stereocenters. The van der Waals surface area contributed by atoms with Crippen LogP contribution in [-0.4, -0.2) is 19.1 Å². The molecule has 0 fully saturated rings. The summed E-state index contributed by atoms with van der Waals surface area (Å²) in [5, 5.41) is 3.26. The lowest BCUT2D eigenvalue weighted by Gasteiger charge is -2.25. The summed E-state index contributed by atoms with van der Waals surface area (Å²) >= 11 is 0. The molecule has 1 amide bonds. The van der Waals surface area contributed by atoms with Gasteiger partial charge in [0, 0.05) is 11.4 Å². The molecule has 0 unspecified atom stereocenters. The molecule has 5 nitrogen and oxygen atoms in total. The monoisotopic (exact) mass is 488 g/mol. The highest BCUT2D eigenvalue weighted by molar-refractivity contribution is 6.11. The first kappa shape index (κ1) is 25.3. The van der Waals surface area contributed by atoms with E-state index < -0.39 is 0 Å². The number of halogens is 1. The Kier molecular flexibility index (Phi) is 8.61. The Bertz CT molecular complexity index is 1160. The van der Waals surface area contributed by atoms with Gasteiger partial charge in [-0.15, -0.1) is 0 Å². The molecule has 36 heavy (non-hydrogen) atoms. The Balaban J connectivity index is 1.54. The van der Waals surface area contributed by atoms with E-state index in [0.29, 0.717) is 18.9 Å². The fourth-order valence-corrected chi connectivity index (χ4v) is 4.00. The van der Waals surface area contributed by atoms with Crippen LogP contribution in [0.5, 0.6) is 11.5 Å². The number of carbonyl (C=O) groups is 1. The van der Waals surface area contributed by atoms with Crippen LogP contribution in [0, 0.1) is 5.82 Å². The van der Waals surface area contributed by atoms with Crippen LogP contribution < -0.4 is 19.7 Å². The normalized spacial score (nSPS) is 15.1. The summed E-state index contributed by atoms with van der Waals surface area (Å²) in [5.74, 6) is 1.09. The molecule has 0 spiro atoms. The second kappa shape index (κ2) is 12.2. The van der Waals surface area contributed by atoms with Gasteiger partial charge in [-0.3, -0.25) is 9.69 Å². The second-order valence-corrected chi connectivity index (χ2v) is 8.80. The maximum atomic E-state index is 13.6. The highest BCUT2D eigenvalue weighted by atomic mass is 19.1. The maximum absolute atomic E-state index is 13.6. The smallest absolute Gasteiger partial charge is 0.275 e. The summed E-state index contributed by atoms with van der Waals surface area (Å²) in [4.78, 5) is 15.3. The lowest BCUT2D eigenvalue weighted by atomic mass is 10.1. The number of amides is 1. The lowest BCUT2D eigenvalue weighted by molar-refractivity contribution is -0.114. The van der Waals surface area contributed by atoms with Crippen LogP contribution in [0.4, 0.5) is 15.8 Å². The number of nitrogens with zero attached hydrogens (tertiary/aromatic N) is 1. The number of carbonyl (C=O) groups excluding carboxylic acids is 1. The summed E-state index contributed by atoms with van der Waals surface area (Å²) in [6, 6.07) is 21.0. The average molecular weight is 489 g/mol. The molecule has 0 aromatic heterocycles. The Morgan fingerprint density at radius 3 is 1.92 bits per heavy atom. The van der Waals surface area contributed by atoms with Gasteiger partial charge in [-0.25, -0.2) is 4.39 Å². The summed E-state index contributed by atoms with van der Waals surface area (Å²) in [6.07, 6.45) is 6.02. The minimum Gasteiger partial charge on any atom is -0.494 e. The van der Waals surface area contributed by atoms with Crippen molar-refractivity contribution in [3.05, 3.63) is 96.0 Å². The van der Waals surface area contributed by atoms with Crippen molar-refractivity contribution in [3.8, 4) is 11.5 Å². The number of nitrogens with one attached hydrogen (secondary N) is 1. The van der Waals surface area contributed by atoms with E-state index in [1.54, 1.807) is 17.0 Å². The Hall–Kier alpha value is -3.80. The molecule has 1 aliphatic heterocycles. The molecule has 0 bridgehead atoms. The molecular formula is C30H33FN2O3. The van der Waals surface area contributed by atoms with E-state index in [1.165, 1.54) is 12.1 Å². The number of hydrogen-bond donors (Lipinski definition) is 1. The number of benzene rings is 3. The third-order valence-corrected chi connectivity index (χ3v) is 6.04. The maximum Gasteiger partial charge on any atom is 0.275 e. The number of anilines is 2. The first-order valence-electron chi connectivity index (χ1n) is 12.6. The second-order valence-electron chi connectivity index (χ2n) is 8.80. The van der Waals surface area contributed by atoms with Crippen molar-refractivity contribution in [2.75, 3.05) is 23.4 Å². The van der Waals surface area contributed by atoms with E-state index in [-0.39, 0.29) is 17.8 Å². The van der Waals surface area contributed by atoms with Crippen LogP contribution in [0.3, 0.4) is 0 Å². The summed E-state index contributed by atoms with van der Waals surface area (Å²) in [6.45, 7) is 5.59. The van der Waals surface area contributed by atoms with Crippen molar-refractivity contribution in [1.82, 2.24) is 0 Å². The van der Waals surface area contributed by atoms with Crippen molar-refractivity contribution < 1.29 is 18.7 Å². The van der Waals surface area contributed by atoms with Crippen molar-refractivity contribution in [2.45, 2.75) is 45.6 Å². The Morgan fingerprint density at radius 1 is 0.806 bits per heavy atom. The van der Waals surface area contributed by atoms with Crippen LogP contribution in [-0.2, 0) is 4.79 Å². The predicted octanol–water partition coefficient (Wildman–Crippen LogP) is 7.27. The highest BCUT2D eigenvalue weighted by Crippen LogP contribution is 2.37. The van der Waals surface area contributed by atoms with Crippen LogP contribution >= 0.6 is 0 Å². The SMILES string of the molecule is CCCCOc1ccc(NC2=C[C@H](c3ccc(F)cc3)N(c3ccc(OCCCC)cc3)C2=O)cc1. The van der Waals surface area contributed by atoms with Gasteiger partial charge in [0.15, 0.2) is 0 Å². The van der Waals surface area contributed by atoms with E-state index >= 15 is 0 Å².